The molecule has 1 saturated heterocycles. The molecule has 7 heteroatoms. The number of esters is 1. The van der Waals surface area contributed by atoms with Crippen LogP contribution >= 0.6 is 11.6 Å². The highest BCUT2D eigenvalue weighted by molar-refractivity contribution is 6.31. The Labute approximate surface area is 133 Å². The standard InChI is InChI=1S/C15H18ClFN2O3/c1-2-22-14(20)8-13-15(21)18-6-7-19(13)9-10-11(16)4-3-5-12(10)17/h3-5,13H,2,6-9H2,1H3,(H,18,21)/p+1. The van der Waals surface area contributed by atoms with Crippen LogP contribution in [0.15, 0.2) is 18.2 Å². The van der Waals surface area contributed by atoms with Gasteiger partial charge in [-0.05, 0) is 19.1 Å². The van der Waals surface area contributed by atoms with Gasteiger partial charge in [0.1, 0.15) is 18.8 Å². The minimum atomic E-state index is -0.594. The summed E-state index contributed by atoms with van der Waals surface area (Å²) in [6, 6.07) is 3.90. The van der Waals surface area contributed by atoms with Gasteiger partial charge in [0.15, 0.2) is 6.04 Å². The molecule has 1 aromatic rings. The Hall–Kier alpha value is -1.66. The molecule has 1 amide bonds. The second-order valence-corrected chi connectivity index (χ2v) is 5.55. The van der Waals surface area contributed by atoms with E-state index < -0.39 is 17.8 Å². The fourth-order valence-electron chi connectivity index (χ4n) is 2.59. The van der Waals surface area contributed by atoms with Crippen LogP contribution in [0.3, 0.4) is 0 Å². The molecule has 22 heavy (non-hydrogen) atoms. The van der Waals surface area contributed by atoms with E-state index in [4.69, 9.17) is 16.3 Å². The molecule has 0 spiro atoms. The number of halogens is 2. The number of hydrogen-bond donors (Lipinski definition) is 2. The summed E-state index contributed by atoms with van der Waals surface area (Å²) < 4.78 is 18.8. The van der Waals surface area contributed by atoms with Gasteiger partial charge in [-0.3, -0.25) is 9.59 Å². The van der Waals surface area contributed by atoms with Crippen molar-refractivity contribution in [3.63, 3.8) is 0 Å². The first-order valence-electron chi connectivity index (χ1n) is 7.23. The van der Waals surface area contributed by atoms with Crippen LogP contribution in [-0.2, 0) is 20.9 Å². The van der Waals surface area contributed by atoms with E-state index >= 15 is 0 Å². The zero-order chi connectivity index (χ0) is 16.1. The molecule has 120 valence electrons. The van der Waals surface area contributed by atoms with Crippen LogP contribution in [0.2, 0.25) is 5.02 Å². The summed E-state index contributed by atoms with van der Waals surface area (Å²) in [5.74, 6) is -1.05. The maximum absolute atomic E-state index is 13.9. The van der Waals surface area contributed by atoms with Gasteiger partial charge < -0.3 is 15.0 Å². The minimum absolute atomic E-state index is 0.0267. The summed E-state index contributed by atoms with van der Waals surface area (Å²) in [5.41, 5.74) is 0.364. The topological polar surface area (TPSA) is 59.8 Å². The molecule has 0 saturated carbocycles. The smallest absolute Gasteiger partial charge is 0.312 e. The van der Waals surface area contributed by atoms with Gasteiger partial charge >= 0.3 is 5.97 Å². The van der Waals surface area contributed by atoms with Crippen molar-refractivity contribution in [1.82, 2.24) is 5.32 Å². The van der Waals surface area contributed by atoms with Gasteiger partial charge in [-0.15, -0.1) is 0 Å². The Morgan fingerprint density at radius 2 is 2.32 bits per heavy atom. The van der Waals surface area contributed by atoms with Crippen LogP contribution in [0.5, 0.6) is 0 Å². The van der Waals surface area contributed by atoms with Gasteiger partial charge in [0.05, 0.1) is 30.3 Å². The largest absolute Gasteiger partial charge is 0.466 e. The van der Waals surface area contributed by atoms with Crippen molar-refractivity contribution in [2.45, 2.75) is 25.9 Å². The highest BCUT2D eigenvalue weighted by Crippen LogP contribution is 2.18. The molecule has 2 atom stereocenters. The van der Waals surface area contributed by atoms with Crippen LogP contribution in [0, 0.1) is 5.82 Å². The van der Waals surface area contributed by atoms with E-state index in [0.29, 0.717) is 23.7 Å². The van der Waals surface area contributed by atoms with E-state index in [9.17, 15) is 14.0 Å². The minimum Gasteiger partial charge on any atom is -0.466 e. The first-order valence-corrected chi connectivity index (χ1v) is 7.61. The molecule has 5 nitrogen and oxygen atoms in total. The molecule has 1 heterocycles. The Morgan fingerprint density at radius 3 is 3.00 bits per heavy atom. The number of carbonyl (C=O) groups is 2. The molecule has 0 radical (unpaired) electrons. The van der Waals surface area contributed by atoms with Gasteiger partial charge in [0.25, 0.3) is 5.91 Å². The lowest BCUT2D eigenvalue weighted by Crippen LogP contribution is -3.18. The van der Waals surface area contributed by atoms with E-state index in [1.807, 2.05) is 0 Å². The zero-order valence-corrected chi connectivity index (χ0v) is 13.1. The number of piperazine rings is 1. The Kier molecular flexibility index (Phi) is 5.74. The van der Waals surface area contributed by atoms with Crippen molar-refractivity contribution in [1.29, 1.82) is 0 Å². The predicted octanol–water partition coefficient (Wildman–Crippen LogP) is 0.316. The fourth-order valence-corrected chi connectivity index (χ4v) is 2.82. The molecule has 0 aliphatic carbocycles. The summed E-state index contributed by atoms with van der Waals surface area (Å²) in [6.45, 7) is 3.31. The van der Waals surface area contributed by atoms with Crippen LogP contribution in [0.4, 0.5) is 4.39 Å². The average Bonchev–Trinajstić information content (AvgIpc) is 2.46. The van der Waals surface area contributed by atoms with Crippen LogP contribution in [0.1, 0.15) is 18.9 Å². The third kappa shape index (κ3) is 3.96. The van der Waals surface area contributed by atoms with Crippen LogP contribution < -0.4 is 10.2 Å². The third-order valence-corrected chi connectivity index (χ3v) is 4.05. The summed E-state index contributed by atoms with van der Waals surface area (Å²) >= 11 is 6.04. The quantitative estimate of drug-likeness (QED) is 0.765. The molecule has 1 fully saturated rings. The predicted molar refractivity (Wildman–Crippen MR) is 79.0 cm³/mol. The molecule has 1 aliphatic rings. The lowest BCUT2D eigenvalue weighted by molar-refractivity contribution is -0.930. The molecule has 0 aromatic heterocycles. The average molecular weight is 330 g/mol. The number of nitrogens with one attached hydrogen (secondary N) is 2. The van der Waals surface area contributed by atoms with E-state index in [2.05, 4.69) is 5.32 Å². The lowest BCUT2D eigenvalue weighted by Gasteiger charge is -2.31. The van der Waals surface area contributed by atoms with Crippen LogP contribution in [0.25, 0.3) is 0 Å². The molecule has 1 aromatic carbocycles. The van der Waals surface area contributed by atoms with Crippen molar-refractivity contribution >= 4 is 23.5 Å². The Bertz CT molecular complexity index is 547. The monoisotopic (exact) mass is 329 g/mol. The summed E-state index contributed by atoms with van der Waals surface area (Å²) in [4.78, 5) is 24.5. The highest BCUT2D eigenvalue weighted by Gasteiger charge is 2.36. The molecule has 2 N–H and O–H groups in total. The SMILES string of the molecule is CCOC(=O)CC1C(=O)NCC[NH+]1Cc1c(F)cccc1Cl. The molecule has 2 rings (SSSR count). The van der Waals surface area contributed by atoms with Gasteiger partial charge in [-0.25, -0.2) is 4.39 Å². The molecule has 2 unspecified atom stereocenters. The number of ether oxygens (including phenoxy) is 1. The second-order valence-electron chi connectivity index (χ2n) is 5.14. The number of benzene rings is 1. The molecule has 0 bridgehead atoms. The number of hydrogen-bond acceptors (Lipinski definition) is 3. The zero-order valence-electron chi connectivity index (χ0n) is 12.3. The molecule has 1 aliphatic heterocycles. The van der Waals surface area contributed by atoms with E-state index in [1.165, 1.54) is 12.1 Å². The highest BCUT2D eigenvalue weighted by atomic mass is 35.5. The van der Waals surface area contributed by atoms with E-state index in [-0.39, 0.29) is 25.5 Å². The van der Waals surface area contributed by atoms with Crippen molar-refractivity contribution in [2.24, 2.45) is 0 Å². The van der Waals surface area contributed by atoms with Gasteiger partial charge in [-0.1, -0.05) is 17.7 Å². The van der Waals surface area contributed by atoms with Crippen LogP contribution in [-0.4, -0.2) is 37.6 Å². The summed E-state index contributed by atoms with van der Waals surface area (Å²) in [7, 11) is 0. The van der Waals surface area contributed by atoms with Gasteiger partial charge in [0, 0.05) is 0 Å². The number of rotatable bonds is 5. The van der Waals surface area contributed by atoms with E-state index in [0.717, 1.165) is 4.90 Å². The van der Waals surface area contributed by atoms with E-state index in [1.54, 1.807) is 13.0 Å². The first kappa shape index (κ1) is 16.7. The molecular formula is C15H19ClFN2O3+. The lowest BCUT2D eigenvalue weighted by atomic mass is 10.1. The fraction of sp³-hybridized carbons (Fsp3) is 0.467. The third-order valence-electron chi connectivity index (χ3n) is 3.70. The summed E-state index contributed by atoms with van der Waals surface area (Å²) in [6.07, 6.45) is -0.0267. The Morgan fingerprint density at radius 1 is 1.55 bits per heavy atom. The van der Waals surface area contributed by atoms with Crippen molar-refractivity contribution < 1.29 is 23.6 Å². The number of amides is 1. The van der Waals surface area contributed by atoms with Gasteiger partial charge in [-0.2, -0.15) is 0 Å². The molecular weight excluding hydrogens is 311 g/mol. The maximum atomic E-state index is 13.9. The number of quaternary nitrogens is 1. The van der Waals surface area contributed by atoms with Gasteiger partial charge in [0.2, 0.25) is 0 Å². The normalized spacial score (nSPS) is 21.3. The Balaban J connectivity index is 2.15. The number of carbonyl (C=O) groups excluding carboxylic acids is 2. The first-order chi connectivity index (χ1) is 10.5. The maximum Gasteiger partial charge on any atom is 0.312 e. The second kappa shape index (κ2) is 7.56. The van der Waals surface area contributed by atoms with Crippen molar-refractivity contribution in [3.8, 4) is 0 Å². The summed E-state index contributed by atoms with van der Waals surface area (Å²) in [5, 5.41) is 3.06. The van der Waals surface area contributed by atoms with Crippen molar-refractivity contribution in [2.75, 3.05) is 19.7 Å². The van der Waals surface area contributed by atoms with Crippen molar-refractivity contribution in [3.05, 3.63) is 34.6 Å².